The van der Waals surface area contributed by atoms with Crippen molar-refractivity contribution in [3.8, 4) is 0 Å². The molecule has 0 aliphatic carbocycles. The maximum atomic E-state index is 12.9. The predicted octanol–water partition coefficient (Wildman–Crippen LogP) is 2.93. The Balaban J connectivity index is 2.42. The van der Waals surface area contributed by atoms with Crippen LogP contribution >= 0.6 is 11.8 Å². The first kappa shape index (κ1) is 13.0. The van der Waals surface area contributed by atoms with Gasteiger partial charge in [0.2, 0.25) is 0 Å². The largest absolute Gasteiger partial charge is 0.387 e. The van der Waals surface area contributed by atoms with E-state index in [2.05, 4.69) is 18.8 Å². The van der Waals surface area contributed by atoms with E-state index in [-0.39, 0.29) is 5.82 Å². The molecule has 2 N–H and O–H groups in total. The summed E-state index contributed by atoms with van der Waals surface area (Å²) < 4.78 is 12.9. The van der Waals surface area contributed by atoms with Crippen LogP contribution in [-0.4, -0.2) is 18.1 Å². The fourth-order valence-corrected chi connectivity index (χ4v) is 1.84. The zero-order valence-electron chi connectivity index (χ0n) is 9.61. The standard InChI is InChI=1S/C12H17FN2S/c1-9(2)7-15-12(14)8-16-11-5-3-4-10(13)6-11/h3-6,9H,7-8H2,1-2H3,(H2,14,15). The summed E-state index contributed by atoms with van der Waals surface area (Å²) >= 11 is 1.50. The second-order valence-corrected chi connectivity index (χ2v) is 5.02. The van der Waals surface area contributed by atoms with Crippen LogP contribution in [0.15, 0.2) is 34.2 Å². The Morgan fingerprint density at radius 2 is 2.25 bits per heavy atom. The van der Waals surface area contributed by atoms with Gasteiger partial charge in [0.25, 0.3) is 0 Å². The molecular weight excluding hydrogens is 223 g/mol. The Kier molecular flexibility index (Phi) is 5.32. The number of rotatable bonds is 5. The Bertz CT molecular complexity index is 364. The highest BCUT2D eigenvalue weighted by molar-refractivity contribution is 8.00. The van der Waals surface area contributed by atoms with Gasteiger partial charge in [-0.15, -0.1) is 11.8 Å². The topological polar surface area (TPSA) is 38.4 Å². The monoisotopic (exact) mass is 240 g/mol. The maximum absolute atomic E-state index is 12.9. The zero-order chi connectivity index (χ0) is 12.0. The summed E-state index contributed by atoms with van der Waals surface area (Å²) in [5.41, 5.74) is 5.74. The van der Waals surface area contributed by atoms with E-state index in [0.29, 0.717) is 17.5 Å². The lowest BCUT2D eigenvalue weighted by atomic mass is 10.2. The van der Waals surface area contributed by atoms with Crippen molar-refractivity contribution in [3.05, 3.63) is 30.1 Å². The molecule has 4 heteroatoms. The Morgan fingerprint density at radius 1 is 1.50 bits per heavy atom. The van der Waals surface area contributed by atoms with Crippen molar-refractivity contribution in [3.63, 3.8) is 0 Å². The molecule has 0 saturated carbocycles. The Labute approximate surface area is 100 Å². The predicted molar refractivity (Wildman–Crippen MR) is 68.5 cm³/mol. The number of nitrogens with two attached hydrogens (primary N) is 1. The van der Waals surface area contributed by atoms with E-state index in [9.17, 15) is 4.39 Å². The maximum Gasteiger partial charge on any atom is 0.124 e. The molecule has 1 aromatic carbocycles. The fraction of sp³-hybridized carbons (Fsp3) is 0.417. The molecule has 88 valence electrons. The molecule has 0 fully saturated rings. The molecule has 0 unspecified atom stereocenters. The summed E-state index contributed by atoms with van der Waals surface area (Å²) in [5, 5.41) is 0. The average Bonchev–Trinajstić information content (AvgIpc) is 2.23. The first-order chi connectivity index (χ1) is 7.58. The van der Waals surface area contributed by atoms with Crippen LogP contribution in [0.25, 0.3) is 0 Å². The summed E-state index contributed by atoms with van der Waals surface area (Å²) in [6.45, 7) is 4.93. The Hall–Kier alpha value is -1.03. The van der Waals surface area contributed by atoms with Crippen LogP contribution in [0.4, 0.5) is 4.39 Å². The third-order valence-corrected chi connectivity index (χ3v) is 2.87. The van der Waals surface area contributed by atoms with Gasteiger partial charge in [0, 0.05) is 11.4 Å². The molecule has 0 aromatic heterocycles. The summed E-state index contributed by atoms with van der Waals surface area (Å²) in [4.78, 5) is 5.12. The highest BCUT2D eigenvalue weighted by atomic mass is 32.2. The number of thioether (sulfide) groups is 1. The fourth-order valence-electron chi connectivity index (χ4n) is 1.06. The van der Waals surface area contributed by atoms with E-state index in [1.54, 1.807) is 6.07 Å². The van der Waals surface area contributed by atoms with Gasteiger partial charge in [0.1, 0.15) is 11.7 Å². The molecule has 0 spiro atoms. The van der Waals surface area contributed by atoms with Crippen molar-refractivity contribution in [1.29, 1.82) is 0 Å². The third-order valence-electron chi connectivity index (χ3n) is 1.84. The van der Waals surface area contributed by atoms with Crippen molar-refractivity contribution in [1.82, 2.24) is 0 Å². The van der Waals surface area contributed by atoms with E-state index >= 15 is 0 Å². The number of aliphatic imine (C=N–C) groups is 1. The number of hydrogen-bond acceptors (Lipinski definition) is 2. The minimum absolute atomic E-state index is 0.220. The van der Waals surface area contributed by atoms with Crippen molar-refractivity contribution < 1.29 is 4.39 Å². The highest BCUT2D eigenvalue weighted by Gasteiger charge is 1.99. The smallest absolute Gasteiger partial charge is 0.124 e. The number of hydrogen-bond donors (Lipinski definition) is 1. The summed E-state index contributed by atoms with van der Waals surface area (Å²) in [5.74, 6) is 1.51. The quantitative estimate of drug-likeness (QED) is 0.488. The number of benzene rings is 1. The molecule has 0 saturated heterocycles. The molecule has 0 aliphatic heterocycles. The molecule has 0 radical (unpaired) electrons. The van der Waals surface area contributed by atoms with Gasteiger partial charge in [-0.3, -0.25) is 4.99 Å². The molecule has 0 heterocycles. The molecule has 2 nitrogen and oxygen atoms in total. The minimum atomic E-state index is -0.220. The molecule has 16 heavy (non-hydrogen) atoms. The molecule has 0 amide bonds. The van der Waals surface area contributed by atoms with Gasteiger partial charge in [0.05, 0.1) is 5.75 Å². The van der Waals surface area contributed by atoms with E-state index in [0.717, 1.165) is 11.4 Å². The van der Waals surface area contributed by atoms with Crippen LogP contribution < -0.4 is 5.73 Å². The van der Waals surface area contributed by atoms with E-state index in [1.807, 2.05) is 6.07 Å². The average molecular weight is 240 g/mol. The van der Waals surface area contributed by atoms with Crippen LogP contribution in [0.5, 0.6) is 0 Å². The van der Waals surface area contributed by atoms with Crippen LogP contribution in [0.1, 0.15) is 13.8 Å². The molecule has 0 aliphatic rings. The summed E-state index contributed by atoms with van der Waals surface area (Å²) in [6.07, 6.45) is 0. The van der Waals surface area contributed by atoms with Crippen LogP contribution in [0, 0.1) is 11.7 Å². The SMILES string of the molecule is CC(C)CN=C(N)CSc1cccc(F)c1. The molecule has 1 aromatic rings. The lowest BCUT2D eigenvalue weighted by Crippen LogP contribution is -2.16. The summed E-state index contributed by atoms with van der Waals surface area (Å²) in [7, 11) is 0. The van der Waals surface area contributed by atoms with Crippen molar-refractivity contribution in [2.75, 3.05) is 12.3 Å². The first-order valence-corrected chi connectivity index (χ1v) is 6.23. The molecule has 1 rings (SSSR count). The van der Waals surface area contributed by atoms with Gasteiger partial charge >= 0.3 is 0 Å². The lowest BCUT2D eigenvalue weighted by molar-refractivity contribution is 0.624. The van der Waals surface area contributed by atoms with E-state index in [4.69, 9.17) is 5.73 Å². The van der Waals surface area contributed by atoms with Crippen molar-refractivity contribution in [2.24, 2.45) is 16.6 Å². The third kappa shape index (κ3) is 5.16. The van der Waals surface area contributed by atoms with Gasteiger partial charge in [-0.1, -0.05) is 19.9 Å². The number of halogens is 1. The van der Waals surface area contributed by atoms with Crippen molar-refractivity contribution >= 4 is 17.6 Å². The molecule has 0 bridgehead atoms. The van der Waals surface area contributed by atoms with Crippen molar-refractivity contribution in [2.45, 2.75) is 18.7 Å². The minimum Gasteiger partial charge on any atom is -0.387 e. The van der Waals surface area contributed by atoms with E-state index < -0.39 is 0 Å². The normalized spacial score (nSPS) is 12.1. The zero-order valence-corrected chi connectivity index (χ0v) is 10.4. The molecular formula is C12H17FN2S. The molecule has 0 atom stereocenters. The number of nitrogens with zero attached hydrogens (tertiary/aromatic N) is 1. The number of amidine groups is 1. The van der Waals surface area contributed by atoms with Gasteiger partial charge in [-0.05, 0) is 24.1 Å². The summed E-state index contributed by atoms with van der Waals surface area (Å²) in [6, 6.07) is 6.49. The second-order valence-electron chi connectivity index (χ2n) is 3.97. The lowest BCUT2D eigenvalue weighted by Gasteiger charge is -2.03. The van der Waals surface area contributed by atoms with E-state index in [1.165, 1.54) is 23.9 Å². The van der Waals surface area contributed by atoms with Crippen LogP contribution in [-0.2, 0) is 0 Å². The van der Waals surface area contributed by atoms with Crippen LogP contribution in [0.2, 0.25) is 0 Å². The highest BCUT2D eigenvalue weighted by Crippen LogP contribution is 2.18. The van der Waals surface area contributed by atoms with Crippen LogP contribution in [0.3, 0.4) is 0 Å². The van der Waals surface area contributed by atoms with Gasteiger partial charge in [-0.25, -0.2) is 4.39 Å². The Morgan fingerprint density at radius 3 is 2.88 bits per heavy atom. The van der Waals surface area contributed by atoms with Gasteiger partial charge in [-0.2, -0.15) is 0 Å². The second kappa shape index (κ2) is 6.53. The first-order valence-electron chi connectivity index (χ1n) is 5.25. The van der Waals surface area contributed by atoms with Gasteiger partial charge < -0.3 is 5.73 Å². The van der Waals surface area contributed by atoms with Gasteiger partial charge in [0.15, 0.2) is 0 Å².